The molecule has 0 unspecified atom stereocenters. The van der Waals surface area contributed by atoms with E-state index in [9.17, 15) is 0 Å². The van der Waals surface area contributed by atoms with Gasteiger partial charge in [-0.3, -0.25) is 0 Å². The van der Waals surface area contributed by atoms with E-state index in [4.69, 9.17) is 4.42 Å². The molecule has 124 valence electrons. The lowest BCUT2D eigenvalue weighted by atomic mass is 10.2. The van der Waals surface area contributed by atoms with Crippen LogP contribution in [0.5, 0.6) is 0 Å². The molecule has 1 N–H and O–H groups in total. The van der Waals surface area contributed by atoms with Crippen molar-refractivity contribution in [1.82, 2.24) is 20.4 Å². The quantitative estimate of drug-likeness (QED) is 0.854. The molecule has 21 heavy (non-hydrogen) atoms. The zero-order valence-corrected chi connectivity index (χ0v) is 14.5. The number of halogens is 2. The van der Waals surface area contributed by atoms with Gasteiger partial charge in [0.05, 0.1) is 6.54 Å². The molecule has 0 amide bonds. The van der Waals surface area contributed by atoms with Crippen LogP contribution in [0.2, 0.25) is 0 Å². The second kappa shape index (κ2) is 11.1. The van der Waals surface area contributed by atoms with Crippen LogP contribution in [0.3, 0.4) is 0 Å². The molecule has 2 heterocycles. The number of aromatic nitrogens is 2. The largest absolute Gasteiger partial charge is 0.407 e. The van der Waals surface area contributed by atoms with Crippen LogP contribution in [-0.4, -0.2) is 55.4 Å². The highest BCUT2D eigenvalue weighted by Crippen LogP contribution is 2.12. The first-order valence-corrected chi connectivity index (χ1v) is 7.20. The van der Waals surface area contributed by atoms with Crippen LogP contribution >= 0.6 is 24.8 Å². The van der Waals surface area contributed by atoms with Crippen LogP contribution in [0, 0.1) is 0 Å². The van der Waals surface area contributed by atoms with Crippen LogP contribution < -0.4 is 10.2 Å². The third-order valence-corrected chi connectivity index (χ3v) is 3.56. The highest BCUT2D eigenvalue weighted by molar-refractivity contribution is 5.85. The lowest BCUT2D eigenvalue weighted by molar-refractivity contribution is 0.290. The van der Waals surface area contributed by atoms with Gasteiger partial charge >= 0.3 is 6.01 Å². The maximum Gasteiger partial charge on any atom is 0.317 e. The van der Waals surface area contributed by atoms with Gasteiger partial charge in [-0.1, -0.05) is 17.9 Å². The van der Waals surface area contributed by atoms with Gasteiger partial charge in [0.25, 0.3) is 0 Å². The van der Waals surface area contributed by atoms with E-state index in [1.54, 1.807) is 0 Å². The van der Waals surface area contributed by atoms with E-state index in [0.717, 1.165) is 13.1 Å². The van der Waals surface area contributed by atoms with Crippen molar-refractivity contribution < 1.29 is 4.42 Å². The molecule has 8 heteroatoms. The first kappa shape index (κ1) is 20.4. The molecular weight excluding hydrogens is 313 g/mol. The third-order valence-electron chi connectivity index (χ3n) is 3.56. The summed E-state index contributed by atoms with van der Waals surface area (Å²) in [5.41, 5.74) is 0. The first-order valence-electron chi connectivity index (χ1n) is 7.20. The van der Waals surface area contributed by atoms with Crippen LogP contribution in [0.25, 0.3) is 0 Å². The molecule has 1 aliphatic rings. The van der Waals surface area contributed by atoms with E-state index in [2.05, 4.69) is 20.4 Å². The topological polar surface area (TPSA) is 57.4 Å². The Morgan fingerprint density at radius 2 is 1.81 bits per heavy atom. The molecule has 6 nitrogen and oxygen atoms in total. The number of hydrogen-bond acceptors (Lipinski definition) is 6. The third kappa shape index (κ3) is 6.82. The predicted octanol–water partition coefficient (Wildman–Crippen LogP) is 1.94. The summed E-state index contributed by atoms with van der Waals surface area (Å²) in [6.45, 7) is 5.07. The fourth-order valence-electron chi connectivity index (χ4n) is 2.37. The Bertz CT molecular complexity index is 369. The number of likely N-dealkylation sites (tertiary alicyclic amines) is 1. The minimum absolute atomic E-state index is 0. The molecule has 1 fully saturated rings. The van der Waals surface area contributed by atoms with Gasteiger partial charge in [0.1, 0.15) is 0 Å². The van der Waals surface area contributed by atoms with E-state index in [-0.39, 0.29) is 24.8 Å². The fourth-order valence-corrected chi connectivity index (χ4v) is 2.37. The molecule has 0 atom stereocenters. The van der Waals surface area contributed by atoms with E-state index in [1.807, 2.05) is 19.0 Å². The fraction of sp³-hybridized carbons (Fsp3) is 0.846. The second-order valence-corrected chi connectivity index (χ2v) is 5.19. The molecule has 1 aromatic heterocycles. The van der Waals surface area contributed by atoms with E-state index >= 15 is 0 Å². The van der Waals surface area contributed by atoms with Gasteiger partial charge in [0.15, 0.2) is 0 Å². The molecule has 0 bridgehead atoms. The molecule has 0 radical (unpaired) electrons. The van der Waals surface area contributed by atoms with Crippen LogP contribution in [0.4, 0.5) is 6.01 Å². The molecule has 0 aliphatic carbocycles. The van der Waals surface area contributed by atoms with Gasteiger partial charge in [-0.2, -0.15) is 0 Å². The molecule has 0 spiro atoms. The Morgan fingerprint density at radius 1 is 1.14 bits per heavy atom. The SMILES string of the molecule is CNCc1nnc(N(C)CCN2CCCCCC2)o1.Cl.Cl. The minimum atomic E-state index is 0. The van der Waals surface area contributed by atoms with Crippen molar-refractivity contribution in [2.24, 2.45) is 0 Å². The lowest BCUT2D eigenvalue weighted by Crippen LogP contribution is -2.34. The molecule has 1 saturated heterocycles. The molecule has 1 aromatic rings. The summed E-state index contributed by atoms with van der Waals surface area (Å²) in [6.07, 6.45) is 5.42. The maximum atomic E-state index is 5.57. The zero-order valence-electron chi connectivity index (χ0n) is 12.9. The summed E-state index contributed by atoms with van der Waals surface area (Å²) < 4.78 is 5.57. The van der Waals surface area contributed by atoms with E-state index in [0.29, 0.717) is 18.5 Å². The predicted molar refractivity (Wildman–Crippen MR) is 89.7 cm³/mol. The minimum Gasteiger partial charge on any atom is -0.407 e. The lowest BCUT2D eigenvalue weighted by Gasteiger charge is -2.22. The normalized spacial score (nSPS) is 15.7. The molecule has 2 rings (SSSR count). The number of nitrogens with zero attached hydrogens (tertiary/aromatic N) is 4. The average Bonchev–Trinajstić information content (AvgIpc) is 2.72. The number of rotatable bonds is 6. The number of anilines is 1. The van der Waals surface area contributed by atoms with Crippen LogP contribution in [-0.2, 0) is 6.54 Å². The van der Waals surface area contributed by atoms with Crippen molar-refractivity contribution in [2.75, 3.05) is 45.2 Å². The highest BCUT2D eigenvalue weighted by Gasteiger charge is 2.13. The van der Waals surface area contributed by atoms with Gasteiger partial charge in [0, 0.05) is 20.1 Å². The van der Waals surface area contributed by atoms with Crippen molar-refractivity contribution in [2.45, 2.75) is 32.2 Å². The van der Waals surface area contributed by atoms with Crippen molar-refractivity contribution in [3.05, 3.63) is 5.89 Å². The maximum absolute atomic E-state index is 5.57. The van der Waals surface area contributed by atoms with Crippen molar-refractivity contribution in [1.29, 1.82) is 0 Å². The molecule has 0 saturated carbocycles. The van der Waals surface area contributed by atoms with Crippen LogP contribution in [0.1, 0.15) is 31.6 Å². The van der Waals surface area contributed by atoms with Crippen molar-refractivity contribution in [3.8, 4) is 0 Å². The van der Waals surface area contributed by atoms with Crippen LogP contribution in [0.15, 0.2) is 4.42 Å². The van der Waals surface area contributed by atoms with Gasteiger partial charge in [-0.05, 0) is 33.0 Å². The molecule has 0 aromatic carbocycles. The number of nitrogens with one attached hydrogen (secondary N) is 1. The van der Waals surface area contributed by atoms with Gasteiger partial charge < -0.3 is 19.5 Å². The van der Waals surface area contributed by atoms with Gasteiger partial charge in [-0.15, -0.1) is 29.9 Å². The first-order chi connectivity index (χ1) is 9.29. The smallest absolute Gasteiger partial charge is 0.317 e. The number of hydrogen-bond donors (Lipinski definition) is 1. The van der Waals surface area contributed by atoms with Gasteiger partial charge in [0.2, 0.25) is 5.89 Å². The summed E-state index contributed by atoms with van der Waals surface area (Å²) in [5, 5.41) is 11.1. The Kier molecular flexibility index (Phi) is 10.8. The monoisotopic (exact) mass is 339 g/mol. The summed E-state index contributed by atoms with van der Waals surface area (Å²) in [5.74, 6) is 0.638. The number of likely N-dealkylation sites (N-methyl/N-ethyl adjacent to an activating group) is 1. The average molecular weight is 340 g/mol. The summed E-state index contributed by atoms with van der Waals surface area (Å²) in [4.78, 5) is 4.57. The molecular formula is C13H27Cl2N5O. The van der Waals surface area contributed by atoms with Crippen molar-refractivity contribution >= 4 is 30.8 Å². The summed E-state index contributed by atoms with van der Waals surface area (Å²) in [7, 11) is 3.88. The van der Waals surface area contributed by atoms with Gasteiger partial charge in [-0.25, -0.2) is 0 Å². The highest BCUT2D eigenvalue weighted by atomic mass is 35.5. The Labute approximate surface area is 139 Å². The second-order valence-electron chi connectivity index (χ2n) is 5.19. The molecule has 1 aliphatic heterocycles. The Hall–Kier alpha value is -0.560. The zero-order chi connectivity index (χ0) is 13.5. The Morgan fingerprint density at radius 3 is 2.43 bits per heavy atom. The standard InChI is InChI=1S/C13H25N5O.2ClH/c1-14-11-12-15-16-13(19-12)17(2)9-10-18-7-5-3-4-6-8-18;;/h14H,3-11H2,1-2H3;2*1H. The van der Waals surface area contributed by atoms with E-state index < -0.39 is 0 Å². The Balaban J connectivity index is 0.00000200. The van der Waals surface area contributed by atoms with E-state index in [1.165, 1.54) is 38.8 Å². The summed E-state index contributed by atoms with van der Waals surface area (Å²) in [6, 6.07) is 0.611. The summed E-state index contributed by atoms with van der Waals surface area (Å²) >= 11 is 0. The van der Waals surface area contributed by atoms with Crippen molar-refractivity contribution in [3.63, 3.8) is 0 Å².